The molecule has 1 heterocycles. The molecule has 0 saturated heterocycles. The Morgan fingerprint density at radius 2 is 1.79 bits per heavy atom. The van der Waals surface area contributed by atoms with Gasteiger partial charge in [0.05, 0.1) is 6.04 Å². The number of hydrazine groups is 1. The molecule has 1 unspecified atom stereocenters. The van der Waals surface area contributed by atoms with Gasteiger partial charge in [0.1, 0.15) is 6.67 Å². The molecule has 0 fully saturated rings. The van der Waals surface area contributed by atoms with E-state index in [1.807, 2.05) is 43.3 Å². The highest BCUT2D eigenvalue weighted by Gasteiger charge is 2.14. The highest BCUT2D eigenvalue weighted by Crippen LogP contribution is 2.19. The Bertz CT molecular complexity index is 670. The van der Waals surface area contributed by atoms with Crippen molar-refractivity contribution in [2.24, 2.45) is 11.6 Å². The lowest BCUT2D eigenvalue weighted by molar-refractivity contribution is -0.904. The summed E-state index contributed by atoms with van der Waals surface area (Å²) >= 11 is 0. The Kier molecular flexibility index (Phi) is 6.14. The van der Waals surface area contributed by atoms with E-state index in [0.29, 0.717) is 18.5 Å². The van der Waals surface area contributed by atoms with E-state index in [-0.39, 0.29) is 0 Å². The lowest BCUT2D eigenvalue weighted by Gasteiger charge is -2.24. The van der Waals surface area contributed by atoms with Gasteiger partial charge in [-0.25, -0.2) is 10.2 Å². The third-order valence-corrected chi connectivity index (χ3v) is 3.90. The Morgan fingerprint density at radius 3 is 2.33 bits per heavy atom. The van der Waals surface area contributed by atoms with Crippen molar-refractivity contribution in [2.45, 2.75) is 25.8 Å². The maximum absolute atomic E-state index is 13.3. The molecule has 1 atom stereocenters. The van der Waals surface area contributed by atoms with Crippen LogP contribution in [0.15, 0.2) is 60.7 Å². The van der Waals surface area contributed by atoms with Crippen LogP contribution in [-0.2, 0) is 6.42 Å². The molecule has 0 saturated carbocycles. The van der Waals surface area contributed by atoms with Crippen LogP contribution in [0.3, 0.4) is 0 Å². The fourth-order valence-corrected chi connectivity index (χ4v) is 2.34. The molecule has 128 valence electrons. The number of hydrogen-bond donors (Lipinski definition) is 3. The van der Waals surface area contributed by atoms with Gasteiger partial charge in [0.2, 0.25) is 12.4 Å². The van der Waals surface area contributed by atoms with E-state index < -0.39 is 12.7 Å². The fraction of sp³-hybridized carbons (Fsp3) is 0.278. The summed E-state index contributed by atoms with van der Waals surface area (Å²) < 4.78 is 14.3. The molecule has 0 aliphatic heterocycles. The van der Waals surface area contributed by atoms with Crippen molar-refractivity contribution in [1.29, 1.82) is 0 Å². The third kappa shape index (κ3) is 4.70. The van der Waals surface area contributed by atoms with Gasteiger partial charge in [-0.3, -0.25) is 5.21 Å². The molecule has 6 heteroatoms. The molecule has 1 aromatic heterocycles. The monoisotopic (exact) mass is 331 g/mol. The average molecular weight is 331 g/mol. The fourth-order valence-electron chi connectivity index (χ4n) is 2.34. The van der Waals surface area contributed by atoms with E-state index in [1.165, 1.54) is 5.01 Å². The summed E-state index contributed by atoms with van der Waals surface area (Å²) in [5.74, 6) is 5.90. The van der Waals surface area contributed by atoms with E-state index in [0.717, 1.165) is 21.4 Å². The Hall–Kier alpha value is -2.60. The van der Waals surface area contributed by atoms with Gasteiger partial charge >= 0.3 is 0 Å². The number of nitrogens with zero attached hydrogens (tertiary/aromatic N) is 2. The van der Waals surface area contributed by atoms with Crippen molar-refractivity contribution >= 4 is 0 Å². The summed E-state index contributed by atoms with van der Waals surface area (Å²) in [6.45, 7) is 1.37. The van der Waals surface area contributed by atoms with E-state index in [4.69, 9.17) is 11.6 Å². The van der Waals surface area contributed by atoms with Gasteiger partial charge in [0.15, 0.2) is 0 Å². The van der Waals surface area contributed by atoms with Gasteiger partial charge in [0.25, 0.3) is 0 Å². The summed E-state index contributed by atoms with van der Waals surface area (Å²) in [7, 11) is 0. The average Bonchev–Trinajstić information content (AvgIpc) is 2.60. The highest BCUT2D eigenvalue weighted by atomic mass is 19.1. The number of nitrogens with two attached hydrogens (primary N) is 2. The SMILES string of the molecule is CC/C(N)=C/N(N)C(CF)Cc1ccc(-c2cc[n+](O)cc2)cc1. The number of benzene rings is 1. The molecular weight excluding hydrogens is 307 g/mol. The number of hydrogen-bond acceptors (Lipinski definition) is 4. The zero-order valence-corrected chi connectivity index (χ0v) is 13.8. The van der Waals surface area contributed by atoms with Crippen LogP contribution >= 0.6 is 0 Å². The Balaban J connectivity index is 2.08. The van der Waals surface area contributed by atoms with Crippen LogP contribution < -0.4 is 16.3 Å². The molecule has 0 radical (unpaired) electrons. The molecule has 0 bridgehead atoms. The first-order valence-electron chi connectivity index (χ1n) is 7.88. The van der Waals surface area contributed by atoms with Gasteiger partial charge in [-0.15, -0.1) is 0 Å². The van der Waals surface area contributed by atoms with Gasteiger partial charge in [-0.2, -0.15) is 0 Å². The second-order valence-corrected chi connectivity index (χ2v) is 5.68. The quantitative estimate of drug-likeness (QED) is 0.314. The molecule has 0 aliphatic rings. The van der Waals surface area contributed by atoms with Crippen molar-refractivity contribution in [3.63, 3.8) is 0 Å². The van der Waals surface area contributed by atoms with Crippen LogP contribution in [0.5, 0.6) is 0 Å². The predicted octanol–water partition coefficient (Wildman–Crippen LogP) is 2.14. The summed E-state index contributed by atoms with van der Waals surface area (Å²) in [5, 5.41) is 10.6. The number of allylic oxidation sites excluding steroid dienone is 1. The number of alkyl halides is 1. The van der Waals surface area contributed by atoms with Crippen LogP contribution in [0.1, 0.15) is 18.9 Å². The smallest absolute Gasteiger partial charge is 0.222 e. The highest BCUT2D eigenvalue weighted by molar-refractivity contribution is 5.62. The summed E-state index contributed by atoms with van der Waals surface area (Å²) in [4.78, 5) is 0. The molecule has 5 nitrogen and oxygen atoms in total. The first-order chi connectivity index (χ1) is 11.5. The van der Waals surface area contributed by atoms with E-state index >= 15 is 0 Å². The lowest BCUT2D eigenvalue weighted by atomic mass is 10.0. The first kappa shape index (κ1) is 17.7. The van der Waals surface area contributed by atoms with Crippen LogP contribution in [0.4, 0.5) is 4.39 Å². The second-order valence-electron chi connectivity index (χ2n) is 5.68. The first-order valence-corrected chi connectivity index (χ1v) is 7.88. The van der Waals surface area contributed by atoms with E-state index in [2.05, 4.69) is 0 Å². The van der Waals surface area contributed by atoms with Crippen LogP contribution in [0.2, 0.25) is 0 Å². The third-order valence-electron chi connectivity index (χ3n) is 3.90. The molecule has 5 N–H and O–H groups in total. The largest absolute Gasteiger partial charge is 0.401 e. The van der Waals surface area contributed by atoms with Crippen molar-refractivity contribution in [3.8, 4) is 11.1 Å². The van der Waals surface area contributed by atoms with Crippen molar-refractivity contribution < 1.29 is 14.3 Å². The standard InChI is InChI=1S/C18H24FN4O/c1-2-17(20)13-23(21)18(12-19)11-14-3-5-15(6-4-14)16-7-9-22(24)10-8-16/h3-10,13,18,24H,2,11-12,20-21H2,1H3/q+1/b17-13-. The lowest BCUT2D eigenvalue weighted by Crippen LogP contribution is -2.40. The van der Waals surface area contributed by atoms with Gasteiger partial charge < -0.3 is 10.7 Å². The van der Waals surface area contributed by atoms with Crippen LogP contribution in [0, 0.1) is 0 Å². The van der Waals surface area contributed by atoms with Gasteiger partial charge in [0, 0.05) is 28.8 Å². The predicted molar refractivity (Wildman–Crippen MR) is 91.3 cm³/mol. The Morgan fingerprint density at radius 1 is 1.21 bits per heavy atom. The van der Waals surface area contributed by atoms with E-state index in [1.54, 1.807) is 18.6 Å². The molecule has 0 spiro atoms. The summed E-state index contributed by atoms with van der Waals surface area (Å²) in [5.41, 5.74) is 9.39. The van der Waals surface area contributed by atoms with Crippen LogP contribution in [-0.4, -0.2) is 22.9 Å². The maximum Gasteiger partial charge on any atom is 0.222 e. The maximum atomic E-state index is 13.3. The molecular formula is C18H24FN4O+. The van der Waals surface area contributed by atoms with E-state index in [9.17, 15) is 9.60 Å². The number of halogens is 1. The molecule has 2 rings (SSSR count). The van der Waals surface area contributed by atoms with Gasteiger partial charge in [-0.1, -0.05) is 31.2 Å². The summed E-state index contributed by atoms with van der Waals surface area (Å²) in [6.07, 6.45) is 5.89. The molecule has 0 aliphatic carbocycles. The minimum absolute atomic E-state index is 0.453. The van der Waals surface area contributed by atoms with Gasteiger partial charge in [-0.05, 0) is 29.5 Å². The Labute approximate surface area is 141 Å². The number of pyridine rings is 1. The zero-order valence-electron chi connectivity index (χ0n) is 13.8. The molecule has 0 amide bonds. The number of aromatic nitrogens is 1. The van der Waals surface area contributed by atoms with Crippen molar-refractivity contribution in [2.75, 3.05) is 6.67 Å². The zero-order chi connectivity index (χ0) is 17.5. The molecule has 2 aromatic rings. The number of rotatable bonds is 7. The molecule has 24 heavy (non-hydrogen) atoms. The summed E-state index contributed by atoms with van der Waals surface area (Å²) in [6, 6.07) is 11.0. The normalized spacial score (nSPS) is 12.9. The van der Waals surface area contributed by atoms with Crippen molar-refractivity contribution in [3.05, 3.63) is 66.3 Å². The topological polar surface area (TPSA) is 79.4 Å². The minimum Gasteiger partial charge on any atom is -0.401 e. The van der Waals surface area contributed by atoms with Crippen LogP contribution in [0.25, 0.3) is 11.1 Å². The van der Waals surface area contributed by atoms with Crippen molar-refractivity contribution in [1.82, 2.24) is 5.01 Å². The molecule has 1 aromatic carbocycles. The minimum atomic E-state index is -0.555. The second kappa shape index (κ2) is 8.31.